The highest BCUT2D eigenvalue weighted by Gasteiger charge is 2.40. The van der Waals surface area contributed by atoms with Crippen LogP contribution in [-0.4, -0.2) is 53.1 Å². The lowest BCUT2D eigenvalue weighted by Gasteiger charge is -2.38. The van der Waals surface area contributed by atoms with E-state index in [2.05, 4.69) is 12.1 Å². The standard InChI is InChI=1S/C16H21IO5/c17-9-12-14(19)15(20)13(10-18)22-16(12)21-8-4-7-11-5-2-1-3-6-11/h1-3,5-6,9,13-16,18-20H,4,7-8,10H2/b12-9-/t13-,14-,15-,16+/m1/s1. The first kappa shape index (κ1) is 17.8. The maximum atomic E-state index is 10.0. The molecule has 0 bridgehead atoms. The number of ether oxygens (including phenoxy) is 2. The summed E-state index contributed by atoms with van der Waals surface area (Å²) in [6, 6.07) is 10.1. The molecule has 22 heavy (non-hydrogen) atoms. The van der Waals surface area contributed by atoms with Gasteiger partial charge in [-0.1, -0.05) is 52.9 Å². The topological polar surface area (TPSA) is 79.2 Å². The SMILES string of the molecule is OC[C@H]1O[C@H](OCCCc2ccccc2)/C(=C\I)[C@@H](O)[C@@H]1O. The minimum Gasteiger partial charge on any atom is -0.394 e. The van der Waals surface area contributed by atoms with Gasteiger partial charge < -0.3 is 24.8 Å². The Balaban J connectivity index is 1.85. The van der Waals surface area contributed by atoms with Gasteiger partial charge in [-0.15, -0.1) is 0 Å². The average molecular weight is 420 g/mol. The smallest absolute Gasteiger partial charge is 0.183 e. The van der Waals surface area contributed by atoms with Crippen LogP contribution in [0, 0.1) is 0 Å². The van der Waals surface area contributed by atoms with Gasteiger partial charge >= 0.3 is 0 Å². The number of aryl methyl sites for hydroxylation is 1. The lowest BCUT2D eigenvalue weighted by atomic mass is 9.98. The molecule has 1 aromatic carbocycles. The molecule has 1 aliphatic heterocycles. The summed E-state index contributed by atoms with van der Waals surface area (Å²) in [5, 5.41) is 29.1. The summed E-state index contributed by atoms with van der Waals surface area (Å²) in [6.07, 6.45) is -2.08. The molecule has 0 unspecified atom stereocenters. The van der Waals surface area contributed by atoms with Crippen LogP contribution in [0.5, 0.6) is 0 Å². The molecule has 1 aliphatic rings. The number of aliphatic hydroxyl groups is 3. The predicted octanol–water partition coefficient (Wildman–Crippen LogP) is 1.39. The molecule has 0 aromatic heterocycles. The van der Waals surface area contributed by atoms with Crippen LogP contribution in [0.1, 0.15) is 12.0 Å². The fourth-order valence-electron chi connectivity index (χ4n) is 2.37. The Morgan fingerprint density at radius 1 is 1.23 bits per heavy atom. The van der Waals surface area contributed by atoms with Gasteiger partial charge in [-0.2, -0.15) is 0 Å². The maximum absolute atomic E-state index is 10.0. The molecular formula is C16H21IO5. The summed E-state index contributed by atoms with van der Waals surface area (Å²) in [7, 11) is 0. The van der Waals surface area contributed by atoms with E-state index in [4.69, 9.17) is 9.47 Å². The number of halogens is 1. The highest BCUT2D eigenvalue weighted by molar-refractivity contribution is 14.1. The maximum Gasteiger partial charge on any atom is 0.183 e. The van der Waals surface area contributed by atoms with E-state index < -0.39 is 24.6 Å². The lowest BCUT2D eigenvalue weighted by Crippen LogP contribution is -2.52. The molecule has 0 radical (unpaired) electrons. The van der Waals surface area contributed by atoms with E-state index in [1.807, 2.05) is 40.8 Å². The Morgan fingerprint density at radius 2 is 1.95 bits per heavy atom. The Kier molecular flexibility index (Phi) is 7.26. The normalized spacial score (nSPS) is 30.6. The third kappa shape index (κ3) is 4.50. The van der Waals surface area contributed by atoms with Gasteiger partial charge in [-0.25, -0.2) is 0 Å². The van der Waals surface area contributed by atoms with Crippen LogP contribution in [0.4, 0.5) is 0 Å². The first-order valence-corrected chi connectivity index (χ1v) is 8.50. The molecule has 122 valence electrons. The molecular weight excluding hydrogens is 399 g/mol. The highest BCUT2D eigenvalue weighted by atomic mass is 127. The van der Waals surface area contributed by atoms with Crippen LogP contribution in [0.15, 0.2) is 40.0 Å². The van der Waals surface area contributed by atoms with E-state index >= 15 is 0 Å². The molecule has 1 aromatic rings. The van der Waals surface area contributed by atoms with Crippen molar-refractivity contribution in [1.82, 2.24) is 0 Å². The van der Waals surface area contributed by atoms with E-state index in [1.54, 1.807) is 4.08 Å². The minimum atomic E-state index is -1.14. The Morgan fingerprint density at radius 3 is 2.59 bits per heavy atom. The van der Waals surface area contributed by atoms with Gasteiger partial charge in [0, 0.05) is 5.57 Å². The molecule has 1 heterocycles. The Labute approximate surface area is 143 Å². The minimum absolute atomic E-state index is 0.364. The molecule has 1 fully saturated rings. The first-order chi connectivity index (χ1) is 10.7. The zero-order chi connectivity index (χ0) is 15.9. The van der Waals surface area contributed by atoms with Gasteiger partial charge in [-0.05, 0) is 22.5 Å². The fraction of sp³-hybridized carbons (Fsp3) is 0.500. The van der Waals surface area contributed by atoms with Gasteiger partial charge in [-0.3, -0.25) is 0 Å². The molecule has 4 atom stereocenters. The Hall–Kier alpha value is -0.510. The third-order valence-corrected chi connectivity index (χ3v) is 4.36. The summed E-state index contributed by atoms with van der Waals surface area (Å²) in [4.78, 5) is 0. The summed E-state index contributed by atoms with van der Waals surface area (Å²) < 4.78 is 12.9. The van der Waals surface area contributed by atoms with Crippen molar-refractivity contribution in [2.45, 2.75) is 37.4 Å². The monoisotopic (exact) mass is 420 g/mol. The van der Waals surface area contributed by atoms with Crippen LogP contribution in [0.3, 0.4) is 0 Å². The number of hydrogen-bond acceptors (Lipinski definition) is 5. The van der Waals surface area contributed by atoms with Gasteiger partial charge in [0.15, 0.2) is 6.29 Å². The Bertz CT molecular complexity index is 479. The van der Waals surface area contributed by atoms with Crippen molar-refractivity contribution in [2.75, 3.05) is 13.2 Å². The second-order valence-electron chi connectivity index (χ2n) is 5.19. The molecule has 0 spiro atoms. The van der Waals surface area contributed by atoms with E-state index in [0.29, 0.717) is 12.2 Å². The summed E-state index contributed by atoms with van der Waals surface area (Å²) >= 11 is 1.98. The zero-order valence-electron chi connectivity index (χ0n) is 12.1. The van der Waals surface area contributed by atoms with E-state index in [-0.39, 0.29) is 6.61 Å². The van der Waals surface area contributed by atoms with Crippen LogP contribution in [-0.2, 0) is 15.9 Å². The van der Waals surface area contributed by atoms with Gasteiger partial charge in [0.2, 0.25) is 0 Å². The number of aliphatic hydroxyl groups excluding tert-OH is 3. The lowest BCUT2D eigenvalue weighted by molar-refractivity contribution is -0.225. The van der Waals surface area contributed by atoms with Crippen molar-refractivity contribution in [3.8, 4) is 0 Å². The molecule has 5 nitrogen and oxygen atoms in total. The van der Waals surface area contributed by atoms with E-state index in [9.17, 15) is 15.3 Å². The van der Waals surface area contributed by atoms with Crippen molar-refractivity contribution in [2.24, 2.45) is 0 Å². The van der Waals surface area contributed by atoms with Crippen LogP contribution < -0.4 is 0 Å². The molecule has 0 saturated carbocycles. The second kappa shape index (κ2) is 8.95. The number of rotatable bonds is 6. The van der Waals surface area contributed by atoms with Crippen molar-refractivity contribution >= 4 is 22.6 Å². The average Bonchev–Trinajstić information content (AvgIpc) is 2.55. The second-order valence-corrected chi connectivity index (χ2v) is 5.82. The molecule has 1 saturated heterocycles. The van der Waals surface area contributed by atoms with Gasteiger partial charge in [0.25, 0.3) is 0 Å². The molecule has 0 amide bonds. The van der Waals surface area contributed by atoms with E-state index in [0.717, 1.165) is 12.8 Å². The van der Waals surface area contributed by atoms with Crippen LogP contribution >= 0.6 is 22.6 Å². The van der Waals surface area contributed by atoms with Crippen molar-refractivity contribution in [3.05, 3.63) is 45.6 Å². The molecule has 3 N–H and O–H groups in total. The molecule has 2 rings (SSSR count). The van der Waals surface area contributed by atoms with Crippen molar-refractivity contribution in [3.63, 3.8) is 0 Å². The van der Waals surface area contributed by atoms with Crippen molar-refractivity contribution in [1.29, 1.82) is 0 Å². The van der Waals surface area contributed by atoms with Crippen LogP contribution in [0.25, 0.3) is 0 Å². The zero-order valence-corrected chi connectivity index (χ0v) is 14.3. The van der Waals surface area contributed by atoms with E-state index in [1.165, 1.54) is 5.56 Å². The fourth-order valence-corrected chi connectivity index (χ4v) is 3.03. The quantitative estimate of drug-likeness (QED) is 0.479. The van der Waals surface area contributed by atoms with Gasteiger partial charge in [0.1, 0.15) is 18.3 Å². The van der Waals surface area contributed by atoms with Crippen molar-refractivity contribution < 1.29 is 24.8 Å². The predicted molar refractivity (Wildman–Crippen MR) is 90.6 cm³/mol. The summed E-state index contributed by atoms with van der Waals surface area (Å²) in [5.74, 6) is 0. The number of hydrogen-bond donors (Lipinski definition) is 3. The van der Waals surface area contributed by atoms with Gasteiger partial charge in [0.05, 0.1) is 13.2 Å². The first-order valence-electron chi connectivity index (χ1n) is 7.25. The molecule has 6 heteroatoms. The number of benzene rings is 1. The molecule has 0 aliphatic carbocycles. The summed E-state index contributed by atoms with van der Waals surface area (Å²) in [6.45, 7) is 0.102. The summed E-state index contributed by atoms with van der Waals surface area (Å²) in [5.41, 5.74) is 1.72. The largest absolute Gasteiger partial charge is 0.394 e. The third-order valence-electron chi connectivity index (χ3n) is 3.64. The van der Waals surface area contributed by atoms with Crippen LogP contribution in [0.2, 0.25) is 0 Å². The highest BCUT2D eigenvalue weighted by Crippen LogP contribution is 2.27.